The Morgan fingerprint density at radius 2 is 2.30 bits per heavy atom. The SMILES string of the molecule is O=C(Cn1cc(CCO)cn1)Nc1ccc(F)cc1Cl. The summed E-state index contributed by atoms with van der Waals surface area (Å²) in [6.07, 6.45) is 3.77. The minimum Gasteiger partial charge on any atom is -0.396 e. The molecule has 5 nitrogen and oxygen atoms in total. The number of aliphatic hydroxyl groups excluding tert-OH is 1. The van der Waals surface area contributed by atoms with Crippen molar-refractivity contribution in [3.8, 4) is 0 Å². The number of nitrogens with zero attached hydrogens (tertiary/aromatic N) is 2. The number of aromatic nitrogens is 2. The van der Waals surface area contributed by atoms with Gasteiger partial charge < -0.3 is 10.4 Å². The van der Waals surface area contributed by atoms with Crippen molar-refractivity contribution in [3.63, 3.8) is 0 Å². The lowest BCUT2D eigenvalue weighted by Gasteiger charge is -2.07. The predicted molar refractivity (Wildman–Crippen MR) is 73.1 cm³/mol. The van der Waals surface area contributed by atoms with Gasteiger partial charge in [0.2, 0.25) is 5.91 Å². The van der Waals surface area contributed by atoms with E-state index < -0.39 is 5.82 Å². The Labute approximate surface area is 120 Å². The molecule has 0 saturated heterocycles. The maximum Gasteiger partial charge on any atom is 0.246 e. The zero-order valence-corrected chi connectivity index (χ0v) is 11.3. The Balaban J connectivity index is 1.97. The molecule has 1 heterocycles. The monoisotopic (exact) mass is 297 g/mol. The van der Waals surface area contributed by atoms with Crippen LogP contribution in [0.15, 0.2) is 30.6 Å². The molecule has 0 spiro atoms. The van der Waals surface area contributed by atoms with E-state index >= 15 is 0 Å². The molecule has 1 amide bonds. The Morgan fingerprint density at radius 1 is 1.50 bits per heavy atom. The second-order valence-electron chi connectivity index (χ2n) is 4.19. The first-order chi connectivity index (χ1) is 9.58. The third-order valence-corrected chi connectivity index (χ3v) is 2.91. The highest BCUT2D eigenvalue weighted by atomic mass is 35.5. The summed E-state index contributed by atoms with van der Waals surface area (Å²) in [6, 6.07) is 3.75. The summed E-state index contributed by atoms with van der Waals surface area (Å²) in [5.41, 5.74) is 1.20. The lowest BCUT2D eigenvalue weighted by Crippen LogP contribution is -2.19. The van der Waals surface area contributed by atoms with Gasteiger partial charge in [-0.3, -0.25) is 9.48 Å². The fourth-order valence-corrected chi connectivity index (χ4v) is 1.89. The average Bonchev–Trinajstić information content (AvgIpc) is 2.81. The van der Waals surface area contributed by atoms with E-state index in [1.165, 1.54) is 16.8 Å². The molecule has 0 aliphatic heterocycles. The number of nitrogens with one attached hydrogen (secondary N) is 1. The Kier molecular flexibility index (Phi) is 4.70. The molecule has 7 heteroatoms. The van der Waals surface area contributed by atoms with E-state index in [1.807, 2.05) is 0 Å². The molecule has 2 rings (SSSR count). The van der Waals surface area contributed by atoms with Crippen LogP contribution in [0.1, 0.15) is 5.56 Å². The van der Waals surface area contributed by atoms with Crippen molar-refractivity contribution >= 4 is 23.2 Å². The number of rotatable bonds is 5. The van der Waals surface area contributed by atoms with E-state index in [0.29, 0.717) is 12.1 Å². The van der Waals surface area contributed by atoms with Crippen LogP contribution in [0.2, 0.25) is 5.02 Å². The fourth-order valence-electron chi connectivity index (χ4n) is 1.68. The van der Waals surface area contributed by atoms with Crippen molar-refractivity contribution < 1.29 is 14.3 Å². The molecule has 0 bridgehead atoms. The number of carbonyl (C=O) groups excluding carboxylic acids is 1. The van der Waals surface area contributed by atoms with Gasteiger partial charge in [0.05, 0.1) is 16.9 Å². The normalized spacial score (nSPS) is 10.6. The van der Waals surface area contributed by atoms with Crippen molar-refractivity contribution in [3.05, 3.63) is 47.0 Å². The van der Waals surface area contributed by atoms with Crippen LogP contribution in [0.25, 0.3) is 0 Å². The lowest BCUT2D eigenvalue weighted by molar-refractivity contribution is -0.116. The van der Waals surface area contributed by atoms with Gasteiger partial charge in [-0.15, -0.1) is 0 Å². The number of amides is 1. The maximum atomic E-state index is 12.9. The van der Waals surface area contributed by atoms with Gasteiger partial charge in [0, 0.05) is 12.8 Å². The zero-order valence-electron chi connectivity index (χ0n) is 10.5. The molecule has 0 aliphatic carbocycles. The molecule has 1 aromatic heterocycles. The number of halogens is 2. The number of anilines is 1. The molecule has 20 heavy (non-hydrogen) atoms. The molecule has 0 saturated carbocycles. The number of benzene rings is 1. The van der Waals surface area contributed by atoms with Crippen molar-refractivity contribution in [2.24, 2.45) is 0 Å². The van der Waals surface area contributed by atoms with Crippen LogP contribution >= 0.6 is 11.6 Å². The highest BCUT2D eigenvalue weighted by Gasteiger charge is 2.08. The largest absolute Gasteiger partial charge is 0.396 e. The number of aliphatic hydroxyl groups is 1. The lowest BCUT2D eigenvalue weighted by atomic mass is 10.3. The van der Waals surface area contributed by atoms with E-state index in [2.05, 4.69) is 10.4 Å². The molecular formula is C13H13ClFN3O2. The summed E-state index contributed by atoms with van der Waals surface area (Å²) in [7, 11) is 0. The van der Waals surface area contributed by atoms with Crippen LogP contribution in [0.3, 0.4) is 0 Å². The fraction of sp³-hybridized carbons (Fsp3) is 0.231. The van der Waals surface area contributed by atoms with Crippen LogP contribution in [0.5, 0.6) is 0 Å². The minimum atomic E-state index is -0.464. The predicted octanol–water partition coefficient (Wildman–Crippen LogP) is 1.85. The molecule has 2 aromatic rings. The molecule has 0 unspecified atom stereocenters. The van der Waals surface area contributed by atoms with Crippen LogP contribution in [0, 0.1) is 5.82 Å². The van der Waals surface area contributed by atoms with Gasteiger partial charge in [-0.05, 0) is 30.2 Å². The quantitative estimate of drug-likeness (QED) is 0.885. The zero-order chi connectivity index (χ0) is 14.5. The Hall–Kier alpha value is -1.92. The maximum absolute atomic E-state index is 12.9. The van der Waals surface area contributed by atoms with Gasteiger partial charge in [0.15, 0.2) is 0 Å². The molecule has 0 atom stereocenters. The van der Waals surface area contributed by atoms with Gasteiger partial charge in [0.1, 0.15) is 12.4 Å². The number of hydrogen-bond acceptors (Lipinski definition) is 3. The second kappa shape index (κ2) is 6.49. The number of hydrogen-bond donors (Lipinski definition) is 2. The highest BCUT2D eigenvalue weighted by Crippen LogP contribution is 2.22. The Bertz CT molecular complexity index is 615. The molecule has 0 fully saturated rings. The van der Waals surface area contributed by atoms with Crippen LogP contribution < -0.4 is 5.32 Å². The summed E-state index contributed by atoms with van der Waals surface area (Å²) < 4.78 is 14.3. The van der Waals surface area contributed by atoms with E-state index in [4.69, 9.17) is 16.7 Å². The topological polar surface area (TPSA) is 67.2 Å². The summed E-state index contributed by atoms with van der Waals surface area (Å²) in [5.74, 6) is -0.786. The van der Waals surface area contributed by atoms with Crippen LogP contribution in [-0.2, 0) is 17.8 Å². The van der Waals surface area contributed by atoms with Gasteiger partial charge in [0.25, 0.3) is 0 Å². The number of carbonyl (C=O) groups is 1. The molecule has 0 aliphatic rings. The van der Waals surface area contributed by atoms with Crippen molar-refractivity contribution in [1.29, 1.82) is 0 Å². The van der Waals surface area contributed by atoms with E-state index in [-0.39, 0.29) is 24.1 Å². The first-order valence-electron chi connectivity index (χ1n) is 5.95. The molecule has 106 valence electrons. The standard InChI is InChI=1S/C13H13ClFN3O2/c14-11-5-10(15)1-2-12(11)17-13(20)8-18-7-9(3-4-19)6-16-18/h1-2,5-7,19H,3-4,8H2,(H,17,20). The first-order valence-corrected chi connectivity index (χ1v) is 6.33. The first kappa shape index (κ1) is 14.5. The van der Waals surface area contributed by atoms with Gasteiger partial charge >= 0.3 is 0 Å². The summed E-state index contributed by atoms with van der Waals surface area (Å²) in [4.78, 5) is 11.8. The van der Waals surface area contributed by atoms with Gasteiger partial charge in [-0.2, -0.15) is 5.10 Å². The van der Waals surface area contributed by atoms with Gasteiger partial charge in [-0.25, -0.2) is 4.39 Å². The van der Waals surface area contributed by atoms with E-state index in [9.17, 15) is 9.18 Å². The molecule has 0 radical (unpaired) electrons. The van der Waals surface area contributed by atoms with Crippen LogP contribution in [0.4, 0.5) is 10.1 Å². The van der Waals surface area contributed by atoms with Crippen LogP contribution in [-0.4, -0.2) is 27.4 Å². The van der Waals surface area contributed by atoms with Crippen molar-refractivity contribution in [2.75, 3.05) is 11.9 Å². The minimum absolute atomic E-state index is 0.0130. The molecular weight excluding hydrogens is 285 g/mol. The summed E-state index contributed by atoms with van der Waals surface area (Å²) in [6.45, 7) is 0.0439. The summed E-state index contributed by atoms with van der Waals surface area (Å²) in [5, 5.41) is 15.5. The molecule has 1 aromatic carbocycles. The molecule has 2 N–H and O–H groups in total. The third kappa shape index (κ3) is 3.79. The second-order valence-corrected chi connectivity index (χ2v) is 4.60. The average molecular weight is 298 g/mol. The smallest absolute Gasteiger partial charge is 0.246 e. The van der Waals surface area contributed by atoms with E-state index in [1.54, 1.807) is 12.4 Å². The Morgan fingerprint density at radius 3 is 3.00 bits per heavy atom. The third-order valence-electron chi connectivity index (χ3n) is 2.60. The van der Waals surface area contributed by atoms with Gasteiger partial charge in [-0.1, -0.05) is 11.6 Å². The van der Waals surface area contributed by atoms with E-state index in [0.717, 1.165) is 11.6 Å². The highest BCUT2D eigenvalue weighted by molar-refractivity contribution is 6.33. The summed E-state index contributed by atoms with van der Waals surface area (Å²) >= 11 is 5.82. The van der Waals surface area contributed by atoms with Crippen molar-refractivity contribution in [1.82, 2.24) is 9.78 Å². The van der Waals surface area contributed by atoms with Crippen molar-refractivity contribution in [2.45, 2.75) is 13.0 Å².